The van der Waals surface area contributed by atoms with Gasteiger partial charge in [0.25, 0.3) is 5.91 Å². The third-order valence-corrected chi connectivity index (χ3v) is 6.37. The fraction of sp³-hybridized carbons (Fsp3) is 0.632. The highest BCUT2D eigenvalue weighted by Gasteiger charge is 2.34. The van der Waals surface area contributed by atoms with Gasteiger partial charge in [-0.2, -0.15) is 0 Å². The van der Waals surface area contributed by atoms with Crippen LogP contribution in [0.3, 0.4) is 0 Å². The lowest BCUT2D eigenvalue weighted by Gasteiger charge is -2.34. The quantitative estimate of drug-likeness (QED) is 0.679. The summed E-state index contributed by atoms with van der Waals surface area (Å²) in [6.07, 6.45) is 1.15. The largest absolute Gasteiger partial charge is 0.476 e. The molecule has 0 bridgehead atoms. The zero-order valence-electron chi connectivity index (χ0n) is 16.8. The minimum Gasteiger partial charge on any atom is -0.476 e. The summed E-state index contributed by atoms with van der Waals surface area (Å²) in [5.74, 6) is 0.137. The Labute approximate surface area is 167 Å². The van der Waals surface area contributed by atoms with Crippen LogP contribution in [0.1, 0.15) is 12.0 Å². The maximum absolute atomic E-state index is 12.6. The Hall–Kier alpha value is -1.84. The maximum atomic E-state index is 12.6. The maximum Gasteiger partial charge on any atom is 0.263 e. The van der Waals surface area contributed by atoms with E-state index in [2.05, 4.69) is 22.2 Å². The molecule has 0 aromatic heterocycles. The van der Waals surface area contributed by atoms with E-state index in [0.29, 0.717) is 18.0 Å². The van der Waals surface area contributed by atoms with Crippen LogP contribution in [0.4, 0.5) is 5.69 Å². The fourth-order valence-electron chi connectivity index (χ4n) is 3.51. The SMILES string of the molecule is Cc1ccc2c(c1)N(S(C)(=O)=O)CC(C(=O)NCCCN1CCN(C)CC1)O2. The summed E-state index contributed by atoms with van der Waals surface area (Å²) >= 11 is 0. The average molecular weight is 411 g/mol. The first kappa shape index (κ1) is 20.9. The second-order valence-electron chi connectivity index (χ2n) is 7.66. The fourth-order valence-corrected chi connectivity index (χ4v) is 4.42. The molecule has 0 radical (unpaired) electrons. The summed E-state index contributed by atoms with van der Waals surface area (Å²) < 4.78 is 31.5. The van der Waals surface area contributed by atoms with E-state index in [1.165, 1.54) is 4.31 Å². The van der Waals surface area contributed by atoms with Crippen LogP contribution in [-0.4, -0.2) is 89.3 Å². The van der Waals surface area contributed by atoms with E-state index in [1.54, 1.807) is 12.1 Å². The molecule has 0 saturated carbocycles. The molecule has 1 aromatic carbocycles. The van der Waals surface area contributed by atoms with E-state index in [4.69, 9.17) is 4.74 Å². The standard InChI is InChI=1S/C19H30N4O4S/c1-15-5-6-17-16(13-15)23(28(3,25)26)14-18(27-17)19(24)20-7-4-8-22-11-9-21(2)10-12-22/h5-6,13,18H,4,7-12,14H2,1-3H3,(H,20,24). The van der Waals surface area contributed by atoms with Crippen molar-refractivity contribution in [2.75, 3.05) is 63.4 Å². The van der Waals surface area contributed by atoms with E-state index in [9.17, 15) is 13.2 Å². The molecule has 9 heteroatoms. The zero-order chi connectivity index (χ0) is 20.3. The molecule has 1 fully saturated rings. The highest BCUT2D eigenvalue weighted by atomic mass is 32.2. The number of rotatable bonds is 6. The van der Waals surface area contributed by atoms with E-state index < -0.39 is 16.1 Å². The van der Waals surface area contributed by atoms with Crippen LogP contribution >= 0.6 is 0 Å². The van der Waals surface area contributed by atoms with Gasteiger partial charge in [0.05, 0.1) is 18.5 Å². The third-order valence-electron chi connectivity index (χ3n) is 5.22. The minimum absolute atomic E-state index is 0.0143. The molecule has 1 saturated heterocycles. The highest BCUT2D eigenvalue weighted by molar-refractivity contribution is 7.92. The second-order valence-corrected chi connectivity index (χ2v) is 9.57. The number of hydrogen-bond acceptors (Lipinski definition) is 6. The summed E-state index contributed by atoms with van der Waals surface area (Å²) in [6.45, 7) is 7.61. The highest BCUT2D eigenvalue weighted by Crippen LogP contribution is 2.35. The van der Waals surface area contributed by atoms with Gasteiger partial charge in [0.15, 0.2) is 6.10 Å². The number of hydrogen-bond donors (Lipinski definition) is 1. The number of aryl methyl sites for hydroxylation is 1. The van der Waals surface area contributed by atoms with Crippen molar-refractivity contribution in [1.82, 2.24) is 15.1 Å². The van der Waals surface area contributed by atoms with Crippen molar-refractivity contribution in [2.45, 2.75) is 19.4 Å². The number of piperazine rings is 1. The van der Waals surface area contributed by atoms with Crippen LogP contribution in [0.25, 0.3) is 0 Å². The van der Waals surface area contributed by atoms with Gasteiger partial charge in [0.2, 0.25) is 10.0 Å². The summed E-state index contributed by atoms with van der Waals surface area (Å²) in [4.78, 5) is 17.3. The van der Waals surface area contributed by atoms with E-state index >= 15 is 0 Å². The Bertz CT molecular complexity index is 806. The lowest BCUT2D eigenvalue weighted by Crippen LogP contribution is -2.51. The number of fused-ring (bicyclic) bond motifs is 1. The van der Waals surface area contributed by atoms with Crippen molar-refractivity contribution < 1.29 is 17.9 Å². The van der Waals surface area contributed by atoms with Crippen molar-refractivity contribution >= 4 is 21.6 Å². The number of benzene rings is 1. The van der Waals surface area contributed by atoms with Crippen molar-refractivity contribution in [3.8, 4) is 5.75 Å². The number of likely N-dealkylation sites (N-methyl/N-ethyl adjacent to an activating group) is 1. The third kappa shape index (κ3) is 5.15. The summed E-state index contributed by atoms with van der Waals surface area (Å²) in [5.41, 5.74) is 1.42. The zero-order valence-corrected chi connectivity index (χ0v) is 17.7. The number of anilines is 1. The number of sulfonamides is 1. The van der Waals surface area contributed by atoms with Gasteiger partial charge in [-0.15, -0.1) is 0 Å². The smallest absolute Gasteiger partial charge is 0.263 e. The van der Waals surface area contributed by atoms with Crippen molar-refractivity contribution in [3.05, 3.63) is 23.8 Å². The van der Waals surface area contributed by atoms with Crippen molar-refractivity contribution in [3.63, 3.8) is 0 Å². The van der Waals surface area contributed by atoms with Gasteiger partial charge in [0.1, 0.15) is 5.75 Å². The number of ether oxygens (including phenoxy) is 1. The molecule has 3 rings (SSSR count). The van der Waals surface area contributed by atoms with Crippen LogP contribution in [0, 0.1) is 6.92 Å². The van der Waals surface area contributed by atoms with Gasteiger partial charge in [-0.25, -0.2) is 8.42 Å². The van der Waals surface area contributed by atoms with Gasteiger partial charge >= 0.3 is 0 Å². The first-order chi connectivity index (χ1) is 13.2. The van der Waals surface area contributed by atoms with Crippen LogP contribution in [0.2, 0.25) is 0 Å². The summed E-state index contributed by atoms with van der Waals surface area (Å²) in [5, 5.41) is 2.89. The molecule has 1 amide bonds. The molecule has 2 heterocycles. The van der Waals surface area contributed by atoms with E-state index in [-0.39, 0.29) is 12.5 Å². The molecule has 1 aromatic rings. The van der Waals surface area contributed by atoms with Gasteiger partial charge in [-0.3, -0.25) is 9.10 Å². The lowest BCUT2D eigenvalue weighted by atomic mass is 10.1. The number of amides is 1. The molecule has 1 N–H and O–H groups in total. The van der Waals surface area contributed by atoms with E-state index in [0.717, 1.165) is 51.0 Å². The van der Waals surface area contributed by atoms with Crippen LogP contribution in [-0.2, 0) is 14.8 Å². The molecule has 1 unspecified atom stereocenters. The normalized spacial score (nSPS) is 21.1. The monoisotopic (exact) mass is 410 g/mol. The molecule has 0 aliphatic carbocycles. The summed E-state index contributed by atoms with van der Waals surface area (Å²) in [7, 11) is -1.38. The first-order valence-corrected chi connectivity index (χ1v) is 11.5. The predicted octanol–water partition coefficient (Wildman–Crippen LogP) is 0.276. The Morgan fingerprint density at radius 3 is 2.64 bits per heavy atom. The van der Waals surface area contributed by atoms with Crippen LogP contribution in [0.15, 0.2) is 18.2 Å². The molecule has 0 spiro atoms. The molecule has 8 nitrogen and oxygen atoms in total. The van der Waals surface area contributed by atoms with Gasteiger partial charge in [0, 0.05) is 32.7 Å². The van der Waals surface area contributed by atoms with Crippen molar-refractivity contribution in [1.29, 1.82) is 0 Å². The molecule has 2 aliphatic rings. The van der Waals surface area contributed by atoms with Gasteiger partial charge in [-0.05, 0) is 44.6 Å². The molecular formula is C19H30N4O4S. The molecule has 156 valence electrons. The van der Waals surface area contributed by atoms with Crippen LogP contribution in [0.5, 0.6) is 5.75 Å². The Balaban J connectivity index is 1.55. The second kappa shape index (κ2) is 8.67. The summed E-state index contributed by atoms with van der Waals surface area (Å²) in [6, 6.07) is 5.33. The van der Waals surface area contributed by atoms with E-state index in [1.807, 2.05) is 13.0 Å². The Morgan fingerprint density at radius 1 is 1.25 bits per heavy atom. The first-order valence-electron chi connectivity index (χ1n) is 9.67. The number of carbonyl (C=O) groups is 1. The molecule has 28 heavy (non-hydrogen) atoms. The Kier molecular flexibility index (Phi) is 6.47. The topological polar surface area (TPSA) is 82.2 Å². The molecule has 2 aliphatic heterocycles. The number of carbonyl (C=O) groups excluding carboxylic acids is 1. The van der Waals surface area contributed by atoms with Gasteiger partial charge in [-0.1, -0.05) is 6.07 Å². The van der Waals surface area contributed by atoms with Gasteiger partial charge < -0.3 is 19.9 Å². The Morgan fingerprint density at radius 2 is 1.96 bits per heavy atom. The minimum atomic E-state index is -3.50. The van der Waals surface area contributed by atoms with Crippen LogP contribution < -0.4 is 14.4 Å². The molecular weight excluding hydrogens is 380 g/mol. The average Bonchev–Trinajstić information content (AvgIpc) is 2.64. The van der Waals surface area contributed by atoms with Crippen molar-refractivity contribution in [2.24, 2.45) is 0 Å². The predicted molar refractivity (Wildman–Crippen MR) is 109 cm³/mol. The molecule has 1 atom stereocenters. The number of nitrogens with one attached hydrogen (secondary N) is 1. The number of nitrogens with zero attached hydrogens (tertiary/aromatic N) is 3. The lowest BCUT2D eigenvalue weighted by molar-refractivity contribution is -0.127.